The second kappa shape index (κ2) is 2.11. The van der Waals surface area contributed by atoms with Crippen molar-refractivity contribution in [2.75, 3.05) is 0 Å². The van der Waals surface area contributed by atoms with Crippen LogP contribution in [0.2, 0.25) is 0 Å². The molecule has 0 atom stereocenters. The molecule has 0 aliphatic heterocycles. The van der Waals surface area contributed by atoms with Gasteiger partial charge in [-0.3, -0.25) is 0 Å². The molecule has 1 aromatic heterocycles. The van der Waals surface area contributed by atoms with Crippen molar-refractivity contribution in [1.82, 2.24) is 9.97 Å². The fourth-order valence-electron chi connectivity index (χ4n) is 1.19. The number of H-pyrrole nitrogens is 1. The molecule has 1 saturated carbocycles. The SMILES string of the molecule is C[C](c1ncc[nH]1)C1CC1. The van der Waals surface area contributed by atoms with Gasteiger partial charge in [0, 0.05) is 18.3 Å². The normalized spacial score (nSPS) is 18.2. The fraction of sp³-hybridized carbons (Fsp3) is 0.500. The first-order chi connectivity index (χ1) is 4.88. The van der Waals surface area contributed by atoms with Gasteiger partial charge in [-0.05, 0) is 18.8 Å². The lowest BCUT2D eigenvalue weighted by molar-refractivity contribution is 0.830. The minimum absolute atomic E-state index is 0.825. The summed E-state index contributed by atoms with van der Waals surface area (Å²) in [6.07, 6.45) is 6.39. The van der Waals surface area contributed by atoms with Crippen LogP contribution in [0, 0.1) is 11.8 Å². The lowest BCUT2D eigenvalue weighted by Crippen LogP contribution is -1.98. The van der Waals surface area contributed by atoms with Crippen LogP contribution in [0.3, 0.4) is 0 Å². The molecule has 1 aromatic rings. The van der Waals surface area contributed by atoms with E-state index >= 15 is 0 Å². The van der Waals surface area contributed by atoms with E-state index in [1.165, 1.54) is 18.8 Å². The van der Waals surface area contributed by atoms with Crippen molar-refractivity contribution in [2.24, 2.45) is 5.92 Å². The number of nitrogens with zero attached hydrogens (tertiary/aromatic N) is 1. The van der Waals surface area contributed by atoms with Gasteiger partial charge in [0.05, 0.1) is 0 Å². The zero-order valence-corrected chi connectivity index (χ0v) is 6.09. The van der Waals surface area contributed by atoms with Crippen LogP contribution in [-0.2, 0) is 0 Å². The molecule has 2 nitrogen and oxygen atoms in total. The van der Waals surface area contributed by atoms with E-state index in [-0.39, 0.29) is 0 Å². The monoisotopic (exact) mass is 135 g/mol. The van der Waals surface area contributed by atoms with E-state index in [2.05, 4.69) is 16.9 Å². The first-order valence-electron chi connectivity index (χ1n) is 3.71. The van der Waals surface area contributed by atoms with Crippen LogP contribution < -0.4 is 0 Å². The molecule has 53 valence electrons. The van der Waals surface area contributed by atoms with Crippen molar-refractivity contribution in [3.05, 3.63) is 24.1 Å². The van der Waals surface area contributed by atoms with Gasteiger partial charge < -0.3 is 4.98 Å². The Morgan fingerprint density at radius 3 is 3.00 bits per heavy atom. The summed E-state index contributed by atoms with van der Waals surface area (Å²) in [5.74, 6) is 3.32. The van der Waals surface area contributed by atoms with E-state index in [9.17, 15) is 0 Å². The minimum Gasteiger partial charge on any atom is -0.348 e. The minimum atomic E-state index is 0.825. The van der Waals surface area contributed by atoms with Gasteiger partial charge in [0.1, 0.15) is 5.82 Å². The van der Waals surface area contributed by atoms with Crippen molar-refractivity contribution in [1.29, 1.82) is 0 Å². The van der Waals surface area contributed by atoms with E-state index < -0.39 is 0 Å². The van der Waals surface area contributed by atoms with Gasteiger partial charge >= 0.3 is 0 Å². The molecular formula is C8H11N2. The molecule has 0 unspecified atom stereocenters. The molecule has 1 N–H and O–H groups in total. The lowest BCUT2D eigenvalue weighted by atomic mass is 10.1. The van der Waals surface area contributed by atoms with E-state index in [1.807, 2.05) is 6.20 Å². The predicted octanol–water partition coefficient (Wildman–Crippen LogP) is 1.76. The first kappa shape index (κ1) is 5.96. The van der Waals surface area contributed by atoms with Gasteiger partial charge in [-0.25, -0.2) is 4.98 Å². The Morgan fingerprint density at radius 2 is 2.50 bits per heavy atom. The third-order valence-electron chi connectivity index (χ3n) is 2.06. The Bertz CT molecular complexity index is 199. The number of hydrogen-bond acceptors (Lipinski definition) is 1. The first-order valence-corrected chi connectivity index (χ1v) is 3.71. The Kier molecular flexibility index (Phi) is 1.26. The highest BCUT2D eigenvalue weighted by Gasteiger charge is 2.30. The Labute approximate surface area is 60.7 Å². The van der Waals surface area contributed by atoms with Crippen molar-refractivity contribution in [2.45, 2.75) is 19.8 Å². The number of aromatic amines is 1. The molecule has 1 aliphatic carbocycles. The zero-order valence-electron chi connectivity index (χ0n) is 6.09. The second-order valence-corrected chi connectivity index (χ2v) is 2.90. The van der Waals surface area contributed by atoms with Crippen LogP contribution in [-0.4, -0.2) is 9.97 Å². The molecule has 10 heavy (non-hydrogen) atoms. The summed E-state index contributed by atoms with van der Waals surface area (Å²) in [6, 6.07) is 0. The van der Waals surface area contributed by atoms with E-state index in [0.29, 0.717) is 0 Å². The van der Waals surface area contributed by atoms with E-state index in [0.717, 1.165) is 11.7 Å². The van der Waals surface area contributed by atoms with Crippen LogP contribution in [0.5, 0.6) is 0 Å². The molecular weight excluding hydrogens is 124 g/mol. The summed E-state index contributed by atoms with van der Waals surface area (Å²) >= 11 is 0. The van der Waals surface area contributed by atoms with Gasteiger partial charge in [-0.2, -0.15) is 0 Å². The molecule has 0 spiro atoms. The number of imidazole rings is 1. The van der Waals surface area contributed by atoms with Crippen LogP contribution in [0.1, 0.15) is 25.6 Å². The topological polar surface area (TPSA) is 28.7 Å². The van der Waals surface area contributed by atoms with E-state index in [4.69, 9.17) is 0 Å². The summed E-state index contributed by atoms with van der Waals surface area (Å²) in [5.41, 5.74) is 0. The summed E-state index contributed by atoms with van der Waals surface area (Å²) in [7, 11) is 0. The quantitative estimate of drug-likeness (QED) is 0.657. The van der Waals surface area contributed by atoms with Crippen LogP contribution in [0.25, 0.3) is 0 Å². The van der Waals surface area contributed by atoms with Gasteiger partial charge in [0.15, 0.2) is 0 Å². The van der Waals surface area contributed by atoms with Gasteiger partial charge in [0.25, 0.3) is 0 Å². The van der Waals surface area contributed by atoms with Crippen molar-refractivity contribution in [3.8, 4) is 0 Å². The Morgan fingerprint density at radius 1 is 1.70 bits per heavy atom. The summed E-state index contributed by atoms with van der Waals surface area (Å²) in [5, 5.41) is 0. The number of nitrogens with one attached hydrogen (secondary N) is 1. The zero-order chi connectivity index (χ0) is 6.97. The fourth-order valence-corrected chi connectivity index (χ4v) is 1.19. The number of rotatable bonds is 2. The maximum atomic E-state index is 4.18. The Balaban J connectivity index is 2.11. The highest BCUT2D eigenvalue weighted by atomic mass is 14.9. The maximum absolute atomic E-state index is 4.18. The molecule has 1 fully saturated rings. The third kappa shape index (κ3) is 0.939. The smallest absolute Gasteiger partial charge is 0.113 e. The molecule has 2 rings (SSSR count). The molecule has 1 aliphatic rings. The predicted molar refractivity (Wildman–Crippen MR) is 39.3 cm³/mol. The molecule has 0 aromatic carbocycles. The van der Waals surface area contributed by atoms with Gasteiger partial charge in [-0.1, -0.05) is 6.92 Å². The van der Waals surface area contributed by atoms with Crippen LogP contribution in [0.15, 0.2) is 12.4 Å². The van der Waals surface area contributed by atoms with Gasteiger partial charge in [-0.15, -0.1) is 0 Å². The summed E-state index contributed by atoms with van der Waals surface area (Å²) in [6.45, 7) is 2.16. The van der Waals surface area contributed by atoms with Gasteiger partial charge in [0.2, 0.25) is 0 Å². The summed E-state index contributed by atoms with van der Waals surface area (Å²) < 4.78 is 0. The van der Waals surface area contributed by atoms with Crippen molar-refractivity contribution in [3.63, 3.8) is 0 Å². The lowest BCUT2D eigenvalue weighted by Gasteiger charge is -2.02. The molecule has 0 amide bonds. The van der Waals surface area contributed by atoms with Crippen LogP contribution in [0.4, 0.5) is 0 Å². The van der Waals surface area contributed by atoms with Crippen molar-refractivity contribution >= 4 is 0 Å². The average molecular weight is 135 g/mol. The molecule has 0 bridgehead atoms. The summed E-state index contributed by atoms with van der Waals surface area (Å²) in [4.78, 5) is 7.29. The molecule has 1 radical (unpaired) electrons. The molecule has 0 saturated heterocycles. The second-order valence-electron chi connectivity index (χ2n) is 2.90. The Hall–Kier alpha value is -0.790. The van der Waals surface area contributed by atoms with Crippen molar-refractivity contribution < 1.29 is 0 Å². The standard InChI is InChI=1S/C8H11N2/c1-6(7-2-3-7)8-9-4-5-10-8/h4-5,7H,2-3H2,1H3,(H,9,10). The molecule has 1 heterocycles. The number of hydrogen-bond donors (Lipinski definition) is 1. The van der Waals surface area contributed by atoms with Crippen LogP contribution >= 0.6 is 0 Å². The molecule has 2 heteroatoms. The maximum Gasteiger partial charge on any atom is 0.113 e. The highest BCUT2D eigenvalue weighted by molar-refractivity contribution is 5.18. The largest absolute Gasteiger partial charge is 0.348 e. The highest BCUT2D eigenvalue weighted by Crippen LogP contribution is 2.40. The average Bonchev–Trinajstić information content (AvgIpc) is 2.65. The third-order valence-corrected chi connectivity index (χ3v) is 2.06. The number of aromatic nitrogens is 2. The van der Waals surface area contributed by atoms with E-state index in [1.54, 1.807) is 6.20 Å².